The van der Waals surface area contributed by atoms with Gasteiger partial charge in [0.1, 0.15) is 5.82 Å². The summed E-state index contributed by atoms with van der Waals surface area (Å²) in [7, 11) is 0. The molecule has 1 N–H and O–H groups in total. The maximum Gasteiger partial charge on any atom is 0.124 e. The molecule has 0 fully saturated rings. The fourth-order valence-electron chi connectivity index (χ4n) is 0.855. The summed E-state index contributed by atoms with van der Waals surface area (Å²) in [4.78, 5) is 0. The molecule has 1 rings (SSSR count). The Labute approximate surface area is 86.9 Å². The van der Waals surface area contributed by atoms with Crippen LogP contribution in [0.1, 0.15) is 11.7 Å². The van der Waals surface area contributed by atoms with Crippen molar-refractivity contribution < 1.29 is 9.50 Å². The SMILES string of the molecule is O[C@@H](CBr)c1ccc(F)cc1Br. The molecule has 4 heteroatoms. The fourth-order valence-corrected chi connectivity index (χ4v) is 1.82. The summed E-state index contributed by atoms with van der Waals surface area (Å²) in [6.07, 6.45) is -0.597. The van der Waals surface area contributed by atoms with Gasteiger partial charge in [-0.2, -0.15) is 0 Å². The van der Waals surface area contributed by atoms with Gasteiger partial charge in [-0.25, -0.2) is 4.39 Å². The van der Waals surface area contributed by atoms with Crippen molar-refractivity contribution in [1.29, 1.82) is 0 Å². The molecule has 0 aromatic heterocycles. The molecule has 0 saturated heterocycles. The maximum atomic E-state index is 12.6. The molecule has 0 aliphatic rings. The minimum Gasteiger partial charge on any atom is -0.388 e. The third-order valence-electron chi connectivity index (χ3n) is 1.47. The lowest BCUT2D eigenvalue weighted by Gasteiger charge is -2.08. The van der Waals surface area contributed by atoms with E-state index < -0.39 is 6.10 Å². The van der Waals surface area contributed by atoms with Crippen LogP contribution in [-0.2, 0) is 0 Å². The number of alkyl halides is 1. The van der Waals surface area contributed by atoms with E-state index in [9.17, 15) is 9.50 Å². The predicted octanol–water partition coefficient (Wildman–Crippen LogP) is 3.02. The van der Waals surface area contributed by atoms with Gasteiger partial charge in [0.25, 0.3) is 0 Å². The summed E-state index contributed by atoms with van der Waals surface area (Å²) in [5.74, 6) is -0.313. The van der Waals surface area contributed by atoms with Crippen LogP contribution < -0.4 is 0 Å². The first-order chi connectivity index (χ1) is 5.65. The van der Waals surface area contributed by atoms with E-state index in [0.717, 1.165) is 0 Å². The van der Waals surface area contributed by atoms with Crippen molar-refractivity contribution >= 4 is 31.9 Å². The monoisotopic (exact) mass is 296 g/mol. The second-order valence-electron chi connectivity index (χ2n) is 2.34. The summed E-state index contributed by atoms with van der Waals surface area (Å²) in [6.45, 7) is 0. The zero-order valence-corrected chi connectivity index (χ0v) is 9.27. The van der Waals surface area contributed by atoms with Gasteiger partial charge in [0.2, 0.25) is 0 Å². The molecule has 12 heavy (non-hydrogen) atoms. The van der Waals surface area contributed by atoms with Gasteiger partial charge in [-0.1, -0.05) is 37.9 Å². The number of aliphatic hydroxyl groups excluding tert-OH is 1. The summed E-state index contributed by atoms with van der Waals surface area (Å²) in [5.41, 5.74) is 0.688. The topological polar surface area (TPSA) is 20.2 Å². The van der Waals surface area contributed by atoms with Crippen LogP contribution in [0.3, 0.4) is 0 Å². The zero-order valence-electron chi connectivity index (χ0n) is 6.10. The van der Waals surface area contributed by atoms with Gasteiger partial charge in [-0.3, -0.25) is 0 Å². The van der Waals surface area contributed by atoms with E-state index in [4.69, 9.17) is 0 Å². The zero-order chi connectivity index (χ0) is 9.14. The Hall–Kier alpha value is 0.0700. The van der Waals surface area contributed by atoms with E-state index in [0.29, 0.717) is 15.4 Å². The smallest absolute Gasteiger partial charge is 0.124 e. The molecule has 1 atom stereocenters. The number of hydrogen-bond acceptors (Lipinski definition) is 1. The average Bonchev–Trinajstić information content (AvgIpc) is 2.03. The molecule has 0 saturated carbocycles. The van der Waals surface area contributed by atoms with Crippen molar-refractivity contribution in [3.05, 3.63) is 34.1 Å². The molecule has 0 spiro atoms. The van der Waals surface area contributed by atoms with E-state index in [1.165, 1.54) is 12.1 Å². The van der Waals surface area contributed by atoms with E-state index in [2.05, 4.69) is 31.9 Å². The molecule has 1 nitrogen and oxygen atoms in total. The third-order valence-corrected chi connectivity index (χ3v) is 2.77. The van der Waals surface area contributed by atoms with E-state index in [1.807, 2.05) is 0 Å². The highest BCUT2D eigenvalue weighted by molar-refractivity contribution is 9.10. The number of aliphatic hydroxyl groups is 1. The molecule has 0 aliphatic heterocycles. The third kappa shape index (κ3) is 2.28. The van der Waals surface area contributed by atoms with Gasteiger partial charge >= 0.3 is 0 Å². The first-order valence-electron chi connectivity index (χ1n) is 3.34. The first kappa shape index (κ1) is 10.2. The van der Waals surface area contributed by atoms with Gasteiger partial charge in [0.05, 0.1) is 6.10 Å². The molecule has 0 unspecified atom stereocenters. The Balaban J connectivity index is 3.01. The second-order valence-corrected chi connectivity index (χ2v) is 3.84. The maximum absolute atomic E-state index is 12.6. The number of halogens is 3. The molecule has 0 amide bonds. The van der Waals surface area contributed by atoms with Gasteiger partial charge < -0.3 is 5.11 Å². The normalized spacial score (nSPS) is 13.0. The Morgan fingerprint density at radius 2 is 2.17 bits per heavy atom. The lowest BCUT2D eigenvalue weighted by Crippen LogP contribution is -1.99. The lowest BCUT2D eigenvalue weighted by atomic mass is 10.1. The van der Waals surface area contributed by atoms with Crippen LogP contribution in [0, 0.1) is 5.82 Å². The molecule has 1 aromatic rings. The second kappa shape index (κ2) is 4.35. The molecule has 1 aromatic carbocycles. The first-order valence-corrected chi connectivity index (χ1v) is 5.25. The summed E-state index contributed by atoms with van der Waals surface area (Å²) in [5, 5.41) is 9.84. The minimum absolute atomic E-state index is 0.313. The highest BCUT2D eigenvalue weighted by Gasteiger charge is 2.09. The van der Waals surface area contributed by atoms with Crippen LogP contribution in [0.2, 0.25) is 0 Å². The molecule has 0 bridgehead atoms. The van der Waals surface area contributed by atoms with Crippen LogP contribution in [0.15, 0.2) is 22.7 Å². The molecule has 0 aliphatic carbocycles. The molecule has 0 heterocycles. The largest absolute Gasteiger partial charge is 0.388 e. The molecule has 0 radical (unpaired) electrons. The van der Waals surface area contributed by atoms with Gasteiger partial charge in [-0.15, -0.1) is 0 Å². The van der Waals surface area contributed by atoms with Crippen molar-refractivity contribution in [2.24, 2.45) is 0 Å². The minimum atomic E-state index is -0.597. The van der Waals surface area contributed by atoms with Crippen LogP contribution in [0.25, 0.3) is 0 Å². The van der Waals surface area contributed by atoms with Gasteiger partial charge in [0, 0.05) is 9.80 Å². The summed E-state index contributed by atoms with van der Waals surface area (Å²) >= 11 is 6.31. The van der Waals surface area contributed by atoms with Gasteiger partial charge in [0.15, 0.2) is 0 Å². The quantitative estimate of drug-likeness (QED) is 0.832. The van der Waals surface area contributed by atoms with Crippen LogP contribution >= 0.6 is 31.9 Å². The van der Waals surface area contributed by atoms with E-state index in [1.54, 1.807) is 6.07 Å². The van der Waals surface area contributed by atoms with Gasteiger partial charge in [-0.05, 0) is 17.7 Å². The van der Waals surface area contributed by atoms with Crippen molar-refractivity contribution in [3.63, 3.8) is 0 Å². The van der Waals surface area contributed by atoms with Crippen LogP contribution in [0.5, 0.6) is 0 Å². The summed E-state index contributed by atoms with van der Waals surface area (Å²) in [6, 6.07) is 4.22. The average molecular weight is 298 g/mol. The van der Waals surface area contributed by atoms with Crippen LogP contribution in [0.4, 0.5) is 4.39 Å². The molecule has 66 valence electrons. The number of rotatable bonds is 2. The number of benzene rings is 1. The lowest BCUT2D eigenvalue weighted by molar-refractivity contribution is 0.204. The Kier molecular flexibility index (Phi) is 3.68. The number of hydrogen-bond donors (Lipinski definition) is 1. The van der Waals surface area contributed by atoms with E-state index >= 15 is 0 Å². The van der Waals surface area contributed by atoms with Crippen molar-refractivity contribution in [2.45, 2.75) is 6.10 Å². The Morgan fingerprint density at radius 1 is 1.50 bits per heavy atom. The fraction of sp³-hybridized carbons (Fsp3) is 0.250. The molecular formula is C8H7Br2FO. The van der Waals surface area contributed by atoms with Crippen molar-refractivity contribution in [3.8, 4) is 0 Å². The Morgan fingerprint density at radius 3 is 2.67 bits per heavy atom. The summed E-state index contributed by atoms with van der Waals surface area (Å²) < 4.78 is 13.2. The van der Waals surface area contributed by atoms with Crippen molar-refractivity contribution in [2.75, 3.05) is 5.33 Å². The standard InChI is InChI=1S/C8H7Br2FO/c9-4-8(12)6-2-1-5(11)3-7(6)10/h1-3,8,12H,4H2/t8-/m0/s1. The Bertz CT molecular complexity index is 278. The van der Waals surface area contributed by atoms with Crippen molar-refractivity contribution in [1.82, 2.24) is 0 Å². The predicted molar refractivity (Wildman–Crippen MR) is 52.9 cm³/mol. The van der Waals surface area contributed by atoms with E-state index in [-0.39, 0.29) is 5.82 Å². The van der Waals surface area contributed by atoms with Crippen LogP contribution in [-0.4, -0.2) is 10.4 Å². The molecular weight excluding hydrogens is 291 g/mol. The highest BCUT2D eigenvalue weighted by atomic mass is 79.9. The highest BCUT2D eigenvalue weighted by Crippen LogP contribution is 2.25.